The van der Waals surface area contributed by atoms with Gasteiger partial charge in [-0.3, -0.25) is 9.59 Å². The Balaban J connectivity index is 1.87. The van der Waals surface area contributed by atoms with E-state index in [9.17, 15) is 19.5 Å². The van der Waals surface area contributed by atoms with E-state index in [-0.39, 0.29) is 34.2 Å². The van der Waals surface area contributed by atoms with Gasteiger partial charge in [0, 0.05) is 18.2 Å². The molecule has 1 aliphatic heterocycles. The highest BCUT2D eigenvalue weighted by Crippen LogP contribution is 2.43. The number of carboxylic acids is 1. The van der Waals surface area contributed by atoms with Crippen LogP contribution in [0.15, 0.2) is 18.2 Å². The van der Waals surface area contributed by atoms with Crippen molar-refractivity contribution in [2.45, 2.75) is 39.2 Å². The molecule has 0 spiro atoms. The fraction of sp³-hybridized carbons (Fsp3) is 0.526. The minimum Gasteiger partial charge on any atom is -0.480 e. The van der Waals surface area contributed by atoms with Gasteiger partial charge in [-0.05, 0) is 42.9 Å². The van der Waals surface area contributed by atoms with Gasteiger partial charge >= 0.3 is 5.97 Å². The first-order valence-corrected chi connectivity index (χ1v) is 9.31. The molecule has 140 valence electrons. The molecule has 2 fully saturated rings. The Morgan fingerprint density at radius 2 is 2.00 bits per heavy atom. The summed E-state index contributed by atoms with van der Waals surface area (Å²) in [6.45, 7) is 3.99. The number of rotatable bonds is 4. The van der Waals surface area contributed by atoms with Crippen molar-refractivity contribution < 1.29 is 19.5 Å². The van der Waals surface area contributed by atoms with Crippen molar-refractivity contribution in [1.82, 2.24) is 4.90 Å². The number of hydrogen-bond donors (Lipinski definition) is 2. The van der Waals surface area contributed by atoms with Crippen LogP contribution in [-0.4, -0.2) is 40.4 Å². The smallest absolute Gasteiger partial charge is 0.326 e. The number of carboxylic acid groups (broad SMARTS) is 1. The number of likely N-dealkylation sites (tertiary alicyclic amines) is 1. The van der Waals surface area contributed by atoms with Crippen molar-refractivity contribution in [3.05, 3.63) is 28.8 Å². The average molecular weight is 379 g/mol. The number of nitrogens with one attached hydrogen (secondary N) is 1. The maximum Gasteiger partial charge on any atom is 0.326 e. The second kappa shape index (κ2) is 7.27. The Labute approximate surface area is 157 Å². The van der Waals surface area contributed by atoms with Crippen LogP contribution in [-0.2, 0) is 9.59 Å². The van der Waals surface area contributed by atoms with Gasteiger partial charge in [-0.15, -0.1) is 0 Å². The minimum absolute atomic E-state index is 0.0130. The van der Waals surface area contributed by atoms with E-state index in [1.165, 1.54) is 11.0 Å². The SMILES string of the molecule is CC(C)C(=O)Nc1ccc(Cl)c(C(=O)N2CC3CCCC3C2C(=O)O)c1. The lowest BCUT2D eigenvalue weighted by atomic mass is 9.94. The number of benzene rings is 1. The molecular formula is C19H23ClN2O4. The van der Waals surface area contributed by atoms with Crippen LogP contribution < -0.4 is 5.32 Å². The van der Waals surface area contributed by atoms with E-state index in [1.807, 2.05) is 0 Å². The molecule has 2 N–H and O–H groups in total. The summed E-state index contributed by atoms with van der Waals surface area (Å²) in [4.78, 5) is 38.2. The van der Waals surface area contributed by atoms with Crippen molar-refractivity contribution in [3.8, 4) is 0 Å². The van der Waals surface area contributed by atoms with E-state index in [1.54, 1.807) is 26.0 Å². The third kappa shape index (κ3) is 3.43. The monoisotopic (exact) mass is 378 g/mol. The van der Waals surface area contributed by atoms with Gasteiger partial charge in [0.05, 0.1) is 10.6 Å². The molecular weight excluding hydrogens is 356 g/mol. The topological polar surface area (TPSA) is 86.7 Å². The van der Waals surface area contributed by atoms with Gasteiger partial charge in [-0.1, -0.05) is 31.9 Å². The van der Waals surface area contributed by atoms with E-state index < -0.39 is 17.9 Å². The number of amides is 2. The zero-order chi connectivity index (χ0) is 19.0. The summed E-state index contributed by atoms with van der Waals surface area (Å²) in [6.07, 6.45) is 2.80. The molecule has 2 aliphatic rings. The van der Waals surface area contributed by atoms with Crippen LogP contribution in [0.25, 0.3) is 0 Å². The van der Waals surface area contributed by atoms with Crippen LogP contribution in [0, 0.1) is 17.8 Å². The van der Waals surface area contributed by atoms with Crippen LogP contribution in [0.2, 0.25) is 5.02 Å². The summed E-state index contributed by atoms with van der Waals surface area (Å²) in [6, 6.07) is 3.90. The highest BCUT2D eigenvalue weighted by atomic mass is 35.5. The van der Waals surface area contributed by atoms with Gasteiger partial charge in [0.25, 0.3) is 5.91 Å². The third-order valence-electron chi connectivity index (χ3n) is 5.39. The van der Waals surface area contributed by atoms with Gasteiger partial charge in [-0.2, -0.15) is 0 Å². The Hall–Kier alpha value is -2.08. The van der Waals surface area contributed by atoms with Gasteiger partial charge in [0.1, 0.15) is 6.04 Å². The fourth-order valence-corrected chi connectivity index (χ4v) is 4.24. The molecule has 3 rings (SSSR count). The number of anilines is 1. The summed E-state index contributed by atoms with van der Waals surface area (Å²) >= 11 is 6.21. The molecule has 0 aromatic heterocycles. The Kier molecular flexibility index (Phi) is 5.23. The van der Waals surface area contributed by atoms with E-state index in [0.29, 0.717) is 12.2 Å². The minimum atomic E-state index is -0.965. The third-order valence-corrected chi connectivity index (χ3v) is 5.72. The predicted octanol–water partition coefficient (Wildman–Crippen LogP) is 3.26. The highest BCUT2D eigenvalue weighted by Gasteiger charge is 2.49. The molecule has 3 atom stereocenters. The number of halogens is 1. The average Bonchev–Trinajstić information content (AvgIpc) is 3.16. The van der Waals surface area contributed by atoms with Crippen molar-refractivity contribution in [3.63, 3.8) is 0 Å². The summed E-state index contributed by atoms with van der Waals surface area (Å²) < 4.78 is 0. The number of aliphatic carboxylic acids is 1. The lowest BCUT2D eigenvalue weighted by Gasteiger charge is -2.25. The van der Waals surface area contributed by atoms with E-state index in [0.717, 1.165) is 19.3 Å². The van der Waals surface area contributed by atoms with Crippen molar-refractivity contribution in [1.29, 1.82) is 0 Å². The van der Waals surface area contributed by atoms with E-state index in [2.05, 4.69) is 5.32 Å². The number of nitrogens with zero attached hydrogens (tertiary/aromatic N) is 1. The van der Waals surface area contributed by atoms with E-state index in [4.69, 9.17) is 11.6 Å². The molecule has 1 heterocycles. The molecule has 6 nitrogen and oxygen atoms in total. The molecule has 2 amide bonds. The molecule has 0 radical (unpaired) electrons. The largest absolute Gasteiger partial charge is 0.480 e. The maximum absolute atomic E-state index is 13.1. The highest BCUT2D eigenvalue weighted by molar-refractivity contribution is 6.34. The van der Waals surface area contributed by atoms with Crippen LogP contribution in [0.5, 0.6) is 0 Å². The van der Waals surface area contributed by atoms with Crippen molar-refractivity contribution >= 4 is 35.1 Å². The van der Waals surface area contributed by atoms with Crippen LogP contribution in [0.4, 0.5) is 5.69 Å². The first-order chi connectivity index (χ1) is 12.3. The molecule has 1 aromatic rings. The molecule has 3 unspecified atom stereocenters. The number of fused-ring (bicyclic) bond motifs is 1. The Morgan fingerprint density at radius 1 is 1.27 bits per heavy atom. The van der Waals surface area contributed by atoms with Gasteiger partial charge in [-0.25, -0.2) is 4.79 Å². The number of carbonyl (C=O) groups excluding carboxylic acids is 2. The van der Waals surface area contributed by atoms with Gasteiger partial charge in [0.15, 0.2) is 0 Å². The van der Waals surface area contributed by atoms with Crippen molar-refractivity contribution in [2.75, 3.05) is 11.9 Å². The summed E-state index contributed by atoms with van der Waals surface area (Å²) in [5.41, 5.74) is 0.696. The zero-order valence-electron chi connectivity index (χ0n) is 14.9. The van der Waals surface area contributed by atoms with Gasteiger partial charge in [0.2, 0.25) is 5.91 Å². The standard InChI is InChI=1S/C19H23ClN2O4/c1-10(2)17(23)21-12-6-7-15(20)14(8-12)18(24)22-9-11-4-3-5-13(11)16(22)19(25)26/h6-8,10-11,13,16H,3-5,9H2,1-2H3,(H,21,23)(H,25,26). The van der Waals surface area contributed by atoms with Crippen LogP contribution in [0.1, 0.15) is 43.5 Å². The fourth-order valence-electron chi connectivity index (χ4n) is 4.04. The van der Waals surface area contributed by atoms with Crippen molar-refractivity contribution in [2.24, 2.45) is 17.8 Å². The molecule has 7 heteroatoms. The quantitative estimate of drug-likeness (QED) is 0.841. The summed E-state index contributed by atoms with van der Waals surface area (Å²) in [7, 11) is 0. The van der Waals surface area contributed by atoms with Gasteiger partial charge < -0.3 is 15.3 Å². The molecule has 0 bridgehead atoms. The number of carbonyl (C=O) groups is 3. The molecule has 1 aliphatic carbocycles. The zero-order valence-corrected chi connectivity index (χ0v) is 15.6. The number of hydrogen-bond acceptors (Lipinski definition) is 3. The summed E-state index contributed by atoms with van der Waals surface area (Å²) in [5, 5.41) is 12.6. The Morgan fingerprint density at radius 3 is 2.65 bits per heavy atom. The normalized spacial score (nSPS) is 24.6. The molecule has 1 aromatic carbocycles. The van der Waals surface area contributed by atoms with Crippen LogP contribution in [0.3, 0.4) is 0 Å². The lowest BCUT2D eigenvalue weighted by Crippen LogP contribution is -2.43. The van der Waals surface area contributed by atoms with E-state index >= 15 is 0 Å². The predicted molar refractivity (Wildman–Crippen MR) is 98.2 cm³/mol. The molecule has 1 saturated carbocycles. The summed E-state index contributed by atoms with van der Waals surface area (Å²) in [5.74, 6) is -1.46. The Bertz CT molecular complexity index is 749. The first kappa shape index (κ1) is 18.7. The lowest BCUT2D eigenvalue weighted by molar-refractivity contribution is -0.142. The molecule has 26 heavy (non-hydrogen) atoms. The maximum atomic E-state index is 13.1. The van der Waals surface area contributed by atoms with Crippen LogP contribution >= 0.6 is 11.6 Å². The second-order valence-corrected chi connectivity index (χ2v) is 7.84. The molecule has 1 saturated heterocycles. The first-order valence-electron chi connectivity index (χ1n) is 8.93. The second-order valence-electron chi connectivity index (χ2n) is 7.43.